The standard InChI is InChI=1S/C17H26FN3O2/c1-20(2)9-10-21(13-14-6-3-4-8-16(14)18)17(22)19-12-15-7-5-11-23-15/h3-4,6,8,15H,5,7,9-13H2,1-2H3,(H,19,22)/t15-/m0/s1. The first kappa shape index (κ1) is 17.7. The molecular weight excluding hydrogens is 297 g/mol. The fraction of sp³-hybridized carbons (Fsp3) is 0.588. The number of amides is 2. The normalized spacial score (nSPS) is 17.5. The van der Waals surface area contributed by atoms with Crippen molar-refractivity contribution in [2.75, 3.05) is 40.3 Å². The zero-order valence-corrected chi connectivity index (χ0v) is 13.9. The molecule has 1 atom stereocenters. The molecule has 1 aliphatic rings. The second-order valence-corrected chi connectivity index (χ2v) is 6.14. The number of nitrogens with zero attached hydrogens (tertiary/aromatic N) is 2. The van der Waals surface area contributed by atoms with E-state index in [1.165, 1.54) is 6.07 Å². The minimum absolute atomic E-state index is 0.100. The van der Waals surface area contributed by atoms with Crippen molar-refractivity contribution >= 4 is 6.03 Å². The van der Waals surface area contributed by atoms with Gasteiger partial charge < -0.3 is 19.9 Å². The maximum Gasteiger partial charge on any atom is 0.317 e. The van der Waals surface area contributed by atoms with Crippen molar-refractivity contribution in [3.63, 3.8) is 0 Å². The molecule has 0 aliphatic carbocycles. The number of benzene rings is 1. The summed E-state index contributed by atoms with van der Waals surface area (Å²) in [7, 11) is 3.90. The lowest BCUT2D eigenvalue weighted by Crippen LogP contribution is -2.44. The van der Waals surface area contributed by atoms with Gasteiger partial charge in [-0.25, -0.2) is 9.18 Å². The first-order valence-corrected chi connectivity index (χ1v) is 8.09. The van der Waals surface area contributed by atoms with E-state index in [2.05, 4.69) is 5.32 Å². The average Bonchev–Trinajstić information content (AvgIpc) is 3.04. The van der Waals surface area contributed by atoms with E-state index < -0.39 is 0 Å². The lowest BCUT2D eigenvalue weighted by atomic mass is 10.2. The zero-order chi connectivity index (χ0) is 16.7. The van der Waals surface area contributed by atoms with Crippen molar-refractivity contribution in [1.29, 1.82) is 0 Å². The lowest BCUT2D eigenvalue weighted by molar-refractivity contribution is 0.108. The summed E-state index contributed by atoms with van der Waals surface area (Å²) in [6, 6.07) is 6.40. The van der Waals surface area contributed by atoms with Gasteiger partial charge in [0.15, 0.2) is 0 Å². The average molecular weight is 323 g/mol. The van der Waals surface area contributed by atoms with Crippen LogP contribution < -0.4 is 5.32 Å². The summed E-state index contributed by atoms with van der Waals surface area (Å²) >= 11 is 0. The van der Waals surface area contributed by atoms with Gasteiger partial charge in [-0.3, -0.25) is 0 Å². The van der Waals surface area contributed by atoms with E-state index in [9.17, 15) is 9.18 Å². The molecule has 0 saturated carbocycles. The number of likely N-dealkylation sites (N-methyl/N-ethyl adjacent to an activating group) is 1. The van der Waals surface area contributed by atoms with Gasteiger partial charge in [0, 0.05) is 31.8 Å². The van der Waals surface area contributed by atoms with E-state index >= 15 is 0 Å². The second kappa shape index (κ2) is 8.84. The first-order chi connectivity index (χ1) is 11.1. The van der Waals surface area contributed by atoms with Crippen LogP contribution in [0.1, 0.15) is 18.4 Å². The number of halogens is 1. The minimum Gasteiger partial charge on any atom is -0.376 e. The molecule has 2 rings (SSSR count). The molecule has 1 N–H and O–H groups in total. The molecule has 6 heteroatoms. The fourth-order valence-corrected chi connectivity index (χ4v) is 2.52. The van der Waals surface area contributed by atoms with Crippen LogP contribution in [0.25, 0.3) is 0 Å². The Bertz CT molecular complexity index is 504. The molecule has 5 nitrogen and oxygen atoms in total. The molecule has 1 aliphatic heterocycles. The molecule has 23 heavy (non-hydrogen) atoms. The summed E-state index contributed by atoms with van der Waals surface area (Å²) in [5, 5.41) is 2.91. The highest BCUT2D eigenvalue weighted by Gasteiger charge is 2.20. The van der Waals surface area contributed by atoms with Gasteiger partial charge in [-0.05, 0) is 33.0 Å². The highest BCUT2D eigenvalue weighted by Crippen LogP contribution is 2.12. The van der Waals surface area contributed by atoms with Crippen molar-refractivity contribution in [2.24, 2.45) is 0 Å². The van der Waals surface area contributed by atoms with E-state index in [1.54, 1.807) is 23.1 Å². The molecular formula is C17H26FN3O2. The Hall–Kier alpha value is -1.66. The molecule has 1 heterocycles. The van der Waals surface area contributed by atoms with E-state index in [0.717, 1.165) is 26.0 Å². The Morgan fingerprint density at radius 3 is 2.78 bits per heavy atom. The smallest absolute Gasteiger partial charge is 0.317 e. The Kier molecular flexibility index (Phi) is 6.80. The molecule has 0 spiro atoms. The van der Waals surface area contributed by atoms with Crippen LogP contribution in [0.3, 0.4) is 0 Å². The molecule has 0 bridgehead atoms. The molecule has 1 aromatic rings. The molecule has 0 unspecified atom stereocenters. The van der Waals surface area contributed by atoms with E-state index in [0.29, 0.717) is 18.7 Å². The van der Waals surface area contributed by atoms with Crippen LogP contribution >= 0.6 is 0 Å². The third-order valence-electron chi connectivity index (χ3n) is 3.93. The van der Waals surface area contributed by atoms with Crippen molar-refractivity contribution in [2.45, 2.75) is 25.5 Å². The van der Waals surface area contributed by atoms with Crippen molar-refractivity contribution < 1.29 is 13.9 Å². The summed E-state index contributed by atoms with van der Waals surface area (Å²) < 4.78 is 19.4. The van der Waals surface area contributed by atoms with Gasteiger partial charge in [0.2, 0.25) is 0 Å². The van der Waals surface area contributed by atoms with Gasteiger partial charge in [-0.15, -0.1) is 0 Å². The predicted octanol–water partition coefficient (Wildman–Crippen LogP) is 2.08. The van der Waals surface area contributed by atoms with Crippen molar-refractivity contribution in [3.8, 4) is 0 Å². The summed E-state index contributed by atoms with van der Waals surface area (Å²) in [6.45, 7) is 2.80. The van der Waals surface area contributed by atoms with Crippen LogP contribution in [0.4, 0.5) is 9.18 Å². The fourth-order valence-electron chi connectivity index (χ4n) is 2.52. The van der Waals surface area contributed by atoms with Crippen LogP contribution in [-0.2, 0) is 11.3 Å². The van der Waals surface area contributed by atoms with Crippen molar-refractivity contribution in [1.82, 2.24) is 15.1 Å². The Morgan fingerprint density at radius 1 is 1.35 bits per heavy atom. The topological polar surface area (TPSA) is 44.8 Å². The van der Waals surface area contributed by atoms with E-state index in [4.69, 9.17) is 4.74 Å². The third kappa shape index (κ3) is 5.80. The van der Waals surface area contributed by atoms with E-state index in [1.807, 2.05) is 19.0 Å². The molecule has 2 amide bonds. The third-order valence-corrected chi connectivity index (χ3v) is 3.93. The zero-order valence-electron chi connectivity index (χ0n) is 13.9. The molecule has 1 aromatic carbocycles. The SMILES string of the molecule is CN(C)CCN(Cc1ccccc1F)C(=O)NC[C@@H]1CCCO1. The van der Waals surface area contributed by atoms with Gasteiger partial charge in [0.25, 0.3) is 0 Å². The van der Waals surface area contributed by atoms with Gasteiger partial charge in [-0.1, -0.05) is 18.2 Å². The Morgan fingerprint density at radius 2 is 2.13 bits per heavy atom. The maximum absolute atomic E-state index is 13.9. The number of nitrogens with one attached hydrogen (secondary N) is 1. The molecule has 1 fully saturated rings. The monoisotopic (exact) mass is 323 g/mol. The first-order valence-electron chi connectivity index (χ1n) is 8.09. The van der Waals surface area contributed by atoms with Gasteiger partial charge in [0.1, 0.15) is 5.82 Å². The molecule has 1 saturated heterocycles. The molecule has 0 radical (unpaired) electrons. The van der Waals surface area contributed by atoms with Gasteiger partial charge in [-0.2, -0.15) is 0 Å². The highest BCUT2D eigenvalue weighted by molar-refractivity contribution is 5.74. The largest absolute Gasteiger partial charge is 0.376 e. The number of ether oxygens (including phenoxy) is 1. The number of carbonyl (C=O) groups excluding carboxylic acids is 1. The van der Waals surface area contributed by atoms with E-state index in [-0.39, 0.29) is 24.5 Å². The van der Waals surface area contributed by atoms with Gasteiger partial charge in [0.05, 0.1) is 12.6 Å². The summed E-state index contributed by atoms with van der Waals surface area (Å²) in [4.78, 5) is 16.1. The van der Waals surface area contributed by atoms with Crippen LogP contribution in [0.15, 0.2) is 24.3 Å². The molecule has 128 valence electrons. The van der Waals surface area contributed by atoms with Crippen molar-refractivity contribution in [3.05, 3.63) is 35.6 Å². The van der Waals surface area contributed by atoms with Gasteiger partial charge >= 0.3 is 6.03 Å². The minimum atomic E-state index is -0.283. The number of hydrogen-bond donors (Lipinski definition) is 1. The number of urea groups is 1. The summed E-state index contributed by atoms with van der Waals surface area (Å²) in [5.41, 5.74) is 0.526. The van der Waals surface area contributed by atoms with Crippen LogP contribution in [0.5, 0.6) is 0 Å². The second-order valence-electron chi connectivity index (χ2n) is 6.14. The number of carbonyl (C=O) groups is 1. The number of hydrogen-bond acceptors (Lipinski definition) is 3. The lowest BCUT2D eigenvalue weighted by Gasteiger charge is -2.25. The Balaban J connectivity index is 1.94. The van der Waals surface area contributed by atoms with Crippen LogP contribution in [-0.4, -0.2) is 62.3 Å². The highest BCUT2D eigenvalue weighted by atomic mass is 19.1. The summed E-state index contributed by atoms with van der Waals surface area (Å²) in [6.07, 6.45) is 2.12. The maximum atomic E-state index is 13.9. The predicted molar refractivity (Wildman–Crippen MR) is 87.7 cm³/mol. The van der Waals surface area contributed by atoms with Crippen LogP contribution in [0.2, 0.25) is 0 Å². The summed E-state index contributed by atoms with van der Waals surface area (Å²) in [5.74, 6) is -0.283. The quantitative estimate of drug-likeness (QED) is 0.835. The molecule has 0 aromatic heterocycles. The number of rotatable bonds is 7. The Labute approximate surface area is 137 Å². The van der Waals surface area contributed by atoms with Crippen LogP contribution in [0, 0.1) is 5.82 Å².